The molecule has 5 aromatic rings. The molecule has 0 aliphatic carbocycles. The van der Waals surface area contributed by atoms with Gasteiger partial charge in [-0.2, -0.15) is 0 Å². The fourth-order valence-electron chi connectivity index (χ4n) is 4.30. The number of carbonyl (C=O) groups excluding carboxylic acids is 2. The third-order valence-corrected chi connectivity index (χ3v) is 6.16. The number of halogens is 2. The van der Waals surface area contributed by atoms with Crippen LogP contribution in [-0.4, -0.2) is 33.0 Å². The number of hydrogen-bond acceptors (Lipinski definition) is 5. The van der Waals surface area contributed by atoms with Gasteiger partial charge in [-0.1, -0.05) is 6.07 Å². The summed E-state index contributed by atoms with van der Waals surface area (Å²) in [6, 6.07) is 15.2. The third-order valence-electron chi connectivity index (χ3n) is 6.16. The van der Waals surface area contributed by atoms with Crippen molar-refractivity contribution in [2.75, 3.05) is 6.61 Å². The van der Waals surface area contributed by atoms with E-state index in [0.29, 0.717) is 22.5 Å². The van der Waals surface area contributed by atoms with Crippen LogP contribution >= 0.6 is 0 Å². The number of pyridine rings is 2. The maximum Gasteiger partial charge on any atom is 0.263 e. The molecule has 9 nitrogen and oxygen atoms in total. The summed E-state index contributed by atoms with van der Waals surface area (Å²) < 4.78 is 33.6. The number of nitrogens with one attached hydrogen (secondary N) is 2. The Balaban J connectivity index is 1.38. The summed E-state index contributed by atoms with van der Waals surface area (Å²) in [5.41, 5.74) is 7.82. The van der Waals surface area contributed by atoms with Gasteiger partial charge in [-0.05, 0) is 71.3 Å². The topological polar surface area (TPSA) is 132 Å². The Morgan fingerprint density at radius 1 is 1.02 bits per heavy atom. The van der Waals surface area contributed by atoms with E-state index in [1.807, 2.05) is 18.2 Å². The van der Waals surface area contributed by atoms with Crippen molar-refractivity contribution in [3.8, 4) is 16.9 Å². The number of rotatable bonds is 9. The SMILES string of the molecule is NC(=O)COc1cc(CNC(=O)c2cccn(Cc3ccc(F)c(F)c3)c2=O)cc(-c2c[nH]c3ncccc23)c1. The molecule has 4 N–H and O–H groups in total. The molecule has 3 heterocycles. The van der Waals surface area contributed by atoms with E-state index in [2.05, 4.69) is 15.3 Å². The number of hydrogen-bond donors (Lipinski definition) is 3. The molecule has 11 heteroatoms. The molecule has 0 saturated carbocycles. The van der Waals surface area contributed by atoms with Crippen LogP contribution in [0.15, 0.2) is 84.0 Å². The second kappa shape index (κ2) is 11.2. The van der Waals surface area contributed by atoms with Gasteiger partial charge >= 0.3 is 0 Å². The van der Waals surface area contributed by atoms with Crippen LogP contribution in [0.3, 0.4) is 0 Å². The Morgan fingerprint density at radius 3 is 2.67 bits per heavy atom. The number of nitrogens with zero attached hydrogens (tertiary/aromatic N) is 2. The minimum atomic E-state index is -1.02. The van der Waals surface area contributed by atoms with Crippen molar-refractivity contribution >= 4 is 22.8 Å². The zero-order chi connectivity index (χ0) is 28.2. The number of primary amides is 1. The number of amides is 2. The Labute approximate surface area is 226 Å². The van der Waals surface area contributed by atoms with Crippen molar-refractivity contribution in [1.29, 1.82) is 0 Å². The Hall–Kier alpha value is -5.32. The van der Waals surface area contributed by atoms with Gasteiger partial charge in [0.15, 0.2) is 18.2 Å². The van der Waals surface area contributed by atoms with Crippen LogP contribution in [0.5, 0.6) is 5.75 Å². The second-order valence-electron chi connectivity index (χ2n) is 9.01. The molecule has 2 amide bonds. The first-order valence-electron chi connectivity index (χ1n) is 12.2. The molecule has 2 aromatic carbocycles. The predicted molar refractivity (Wildman–Crippen MR) is 144 cm³/mol. The first-order valence-corrected chi connectivity index (χ1v) is 12.2. The fraction of sp³-hybridized carbons (Fsp3) is 0.103. The first-order chi connectivity index (χ1) is 19.3. The molecule has 0 radical (unpaired) electrons. The summed E-state index contributed by atoms with van der Waals surface area (Å²) in [6.45, 7) is -0.330. The summed E-state index contributed by atoms with van der Waals surface area (Å²) in [4.78, 5) is 44.7. The van der Waals surface area contributed by atoms with Crippen LogP contribution in [-0.2, 0) is 17.9 Å². The number of ether oxygens (including phenoxy) is 1. The summed E-state index contributed by atoms with van der Waals surface area (Å²) in [5.74, 6) is -2.90. The van der Waals surface area contributed by atoms with Gasteiger partial charge in [0.05, 0.1) is 6.54 Å². The molecule has 0 bridgehead atoms. The molecular formula is C29H23F2N5O4. The Bertz CT molecular complexity index is 1800. The highest BCUT2D eigenvalue weighted by molar-refractivity contribution is 5.95. The largest absolute Gasteiger partial charge is 0.484 e. The third kappa shape index (κ3) is 5.73. The van der Waals surface area contributed by atoms with E-state index >= 15 is 0 Å². The summed E-state index contributed by atoms with van der Waals surface area (Å²) >= 11 is 0. The second-order valence-corrected chi connectivity index (χ2v) is 9.01. The van der Waals surface area contributed by atoms with Gasteiger partial charge in [0.2, 0.25) is 0 Å². The number of H-pyrrole nitrogens is 1. The van der Waals surface area contributed by atoms with Gasteiger partial charge in [0, 0.05) is 36.1 Å². The average Bonchev–Trinajstić information content (AvgIpc) is 3.38. The molecule has 0 saturated heterocycles. The lowest BCUT2D eigenvalue weighted by molar-refractivity contribution is -0.119. The number of aromatic amines is 1. The molecule has 0 atom stereocenters. The molecule has 0 fully saturated rings. The number of benzene rings is 2. The van der Waals surface area contributed by atoms with Gasteiger partial charge in [0.25, 0.3) is 17.4 Å². The molecule has 0 aliphatic heterocycles. The van der Waals surface area contributed by atoms with Gasteiger partial charge in [-0.25, -0.2) is 13.8 Å². The monoisotopic (exact) mass is 543 g/mol. The zero-order valence-corrected chi connectivity index (χ0v) is 21.0. The van der Waals surface area contributed by atoms with E-state index < -0.39 is 29.0 Å². The zero-order valence-electron chi connectivity index (χ0n) is 21.0. The van der Waals surface area contributed by atoms with E-state index in [9.17, 15) is 23.2 Å². The van der Waals surface area contributed by atoms with E-state index in [1.54, 1.807) is 24.5 Å². The van der Waals surface area contributed by atoms with Crippen molar-refractivity contribution in [1.82, 2.24) is 19.9 Å². The van der Waals surface area contributed by atoms with Gasteiger partial charge < -0.3 is 25.3 Å². The fourth-order valence-corrected chi connectivity index (χ4v) is 4.30. The van der Waals surface area contributed by atoms with Crippen molar-refractivity contribution in [2.24, 2.45) is 5.73 Å². The van der Waals surface area contributed by atoms with E-state index in [1.165, 1.54) is 29.0 Å². The van der Waals surface area contributed by atoms with E-state index in [-0.39, 0.29) is 25.3 Å². The van der Waals surface area contributed by atoms with Crippen molar-refractivity contribution in [3.63, 3.8) is 0 Å². The van der Waals surface area contributed by atoms with Crippen LogP contribution < -0.4 is 21.3 Å². The normalized spacial score (nSPS) is 10.9. The average molecular weight is 544 g/mol. The molecule has 40 heavy (non-hydrogen) atoms. The Kier molecular flexibility index (Phi) is 7.36. The van der Waals surface area contributed by atoms with Crippen molar-refractivity contribution in [2.45, 2.75) is 13.1 Å². The maximum absolute atomic E-state index is 13.6. The van der Waals surface area contributed by atoms with E-state index in [0.717, 1.165) is 28.6 Å². The predicted octanol–water partition coefficient (Wildman–Crippen LogP) is 3.51. The number of nitrogens with two attached hydrogens (primary N) is 1. The number of aromatic nitrogens is 3. The van der Waals surface area contributed by atoms with Crippen molar-refractivity contribution in [3.05, 3.63) is 118 Å². The molecule has 0 unspecified atom stereocenters. The maximum atomic E-state index is 13.6. The lowest BCUT2D eigenvalue weighted by Crippen LogP contribution is -2.32. The lowest BCUT2D eigenvalue weighted by atomic mass is 10.0. The van der Waals surface area contributed by atoms with Crippen LogP contribution in [0.25, 0.3) is 22.2 Å². The molecule has 5 rings (SSSR count). The molecule has 3 aromatic heterocycles. The van der Waals surface area contributed by atoms with Crippen LogP contribution in [0.1, 0.15) is 21.5 Å². The molecule has 202 valence electrons. The van der Waals surface area contributed by atoms with Gasteiger partial charge in [0.1, 0.15) is 17.0 Å². The highest BCUT2D eigenvalue weighted by Crippen LogP contribution is 2.31. The molecule has 0 spiro atoms. The standard InChI is InChI=1S/C29H23F2N5O4/c30-24-6-5-17(11-25(24)31)15-36-8-2-4-22(29(36)39)28(38)35-13-18-9-19(12-20(10-18)40-16-26(32)37)23-14-34-27-21(23)3-1-7-33-27/h1-12,14H,13,15-16H2,(H2,32,37)(H,33,34)(H,35,38). The number of fused-ring (bicyclic) bond motifs is 1. The quantitative estimate of drug-likeness (QED) is 0.262. The summed E-state index contributed by atoms with van der Waals surface area (Å²) in [5, 5.41) is 3.61. The lowest BCUT2D eigenvalue weighted by Gasteiger charge is -2.12. The van der Waals surface area contributed by atoms with Gasteiger partial charge in [-0.15, -0.1) is 0 Å². The minimum Gasteiger partial charge on any atom is -0.484 e. The van der Waals surface area contributed by atoms with Crippen LogP contribution in [0.2, 0.25) is 0 Å². The van der Waals surface area contributed by atoms with Gasteiger partial charge in [-0.3, -0.25) is 14.4 Å². The van der Waals surface area contributed by atoms with E-state index in [4.69, 9.17) is 10.5 Å². The first kappa shape index (κ1) is 26.3. The van der Waals surface area contributed by atoms with Crippen molar-refractivity contribution < 1.29 is 23.1 Å². The van der Waals surface area contributed by atoms with Crippen LogP contribution in [0, 0.1) is 11.6 Å². The smallest absolute Gasteiger partial charge is 0.263 e. The minimum absolute atomic E-state index is 0.0394. The highest BCUT2D eigenvalue weighted by Gasteiger charge is 2.15. The molecular weight excluding hydrogens is 520 g/mol. The number of carbonyl (C=O) groups is 2. The van der Waals surface area contributed by atoms with Crippen LogP contribution in [0.4, 0.5) is 8.78 Å². The summed E-state index contributed by atoms with van der Waals surface area (Å²) in [7, 11) is 0. The molecule has 0 aliphatic rings. The highest BCUT2D eigenvalue weighted by atomic mass is 19.2. The Morgan fingerprint density at radius 2 is 1.88 bits per heavy atom. The summed E-state index contributed by atoms with van der Waals surface area (Å²) in [6.07, 6.45) is 4.93.